The molecule has 0 aliphatic heterocycles. The fourth-order valence-electron chi connectivity index (χ4n) is 2.47. The molecule has 7 heteroatoms. The Labute approximate surface area is 158 Å². The molecule has 0 atom stereocenters. The maximum absolute atomic E-state index is 11.1. The first-order valence-electron chi connectivity index (χ1n) is 8.51. The zero-order valence-corrected chi connectivity index (χ0v) is 15.5. The standard InChI is InChI=1S/C20H22N6O/c1-14(27)23-15-4-6-16(7-5-15)24-19-12-20(22-13-21-19)25-17-8-10-18(11-9-17)26(2)3/h4-13H,1-3H3,(H,23,27)(H2,21,22,24,25). The van der Waals surface area contributed by atoms with E-state index >= 15 is 0 Å². The lowest BCUT2D eigenvalue weighted by molar-refractivity contribution is -0.114. The largest absolute Gasteiger partial charge is 0.378 e. The van der Waals surface area contributed by atoms with Gasteiger partial charge in [0.2, 0.25) is 5.91 Å². The third kappa shape index (κ3) is 5.18. The van der Waals surface area contributed by atoms with Gasteiger partial charge in [0.05, 0.1) is 0 Å². The van der Waals surface area contributed by atoms with Crippen molar-refractivity contribution in [3.63, 3.8) is 0 Å². The van der Waals surface area contributed by atoms with Crippen LogP contribution in [0, 0.1) is 0 Å². The molecule has 0 aliphatic rings. The van der Waals surface area contributed by atoms with Crippen molar-refractivity contribution in [2.24, 2.45) is 0 Å². The highest BCUT2D eigenvalue weighted by molar-refractivity contribution is 5.88. The number of anilines is 6. The number of nitrogens with one attached hydrogen (secondary N) is 3. The molecule has 0 bridgehead atoms. The summed E-state index contributed by atoms with van der Waals surface area (Å²) in [7, 11) is 4.01. The van der Waals surface area contributed by atoms with Crippen molar-refractivity contribution in [2.75, 3.05) is 34.9 Å². The molecule has 1 aromatic heterocycles. The van der Waals surface area contributed by atoms with E-state index in [9.17, 15) is 4.79 Å². The van der Waals surface area contributed by atoms with Crippen LogP contribution in [0.2, 0.25) is 0 Å². The van der Waals surface area contributed by atoms with Crippen LogP contribution in [0.15, 0.2) is 60.9 Å². The number of carbonyl (C=O) groups excluding carboxylic acids is 1. The Morgan fingerprint density at radius 2 is 1.30 bits per heavy atom. The second-order valence-corrected chi connectivity index (χ2v) is 6.24. The quantitative estimate of drug-likeness (QED) is 0.615. The summed E-state index contributed by atoms with van der Waals surface area (Å²) in [5.41, 5.74) is 3.70. The average molecular weight is 362 g/mol. The molecule has 0 radical (unpaired) electrons. The minimum absolute atomic E-state index is 0.0964. The maximum Gasteiger partial charge on any atom is 0.221 e. The van der Waals surface area contributed by atoms with Crippen LogP contribution in [-0.4, -0.2) is 30.0 Å². The summed E-state index contributed by atoms with van der Waals surface area (Å²) in [5.74, 6) is 1.27. The zero-order valence-electron chi connectivity index (χ0n) is 15.5. The van der Waals surface area contributed by atoms with Gasteiger partial charge in [-0.05, 0) is 48.5 Å². The van der Waals surface area contributed by atoms with Crippen molar-refractivity contribution in [1.82, 2.24) is 9.97 Å². The molecule has 7 nitrogen and oxygen atoms in total. The van der Waals surface area contributed by atoms with Crippen LogP contribution in [-0.2, 0) is 4.79 Å². The van der Waals surface area contributed by atoms with Gasteiger partial charge in [-0.3, -0.25) is 4.79 Å². The lowest BCUT2D eigenvalue weighted by atomic mass is 10.2. The highest BCUT2D eigenvalue weighted by Crippen LogP contribution is 2.22. The van der Waals surface area contributed by atoms with Crippen molar-refractivity contribution in [1.29, 1.82) is 0 Å². The predicted octanol–water partition coefficient (Wildman–Crippen LogP) is 3.99. The molecule has 1 heterocycles. The number of rotatable bonds is 6. The van der Waals surface area contributed by atoms with E-state index in [0.29, 0.717) is 11.6 Å². The molecule has 0 saturated carbocycles. The molecule has 0 saturated heterocycles. The van der Waals surface area contributed by atoms with Crippen molar-refractivity contribution >= 4 is 40.3 Å². The van der Waals surface area contributed by atoms with Gasteiger partial charge < -0.3 is 20.9 Å². The van der Waals surface area contributed by atoms with Crippen LogP contribution < -0.4 is 20.9 Å². The molecule has 3 rings (SSSR count). The highest BCUT2D eigenvalue weighted by atomic mass is 16.1. The van der Waals surface area contributed by atoms with Crippen LogP contribution >= 0.6 is 0 Å². The summed E-state index contributed by atoms with van der Waals surface area (Å²) in [6, 6.07) is 17.3. The summed E-state index contributed by atoms with van der Waals surface area (Å²) in [6.45, 7) is 1.48. The van der Waals surface area contributed by atoms with E-state index in [1.165, 1.54) is 13.3 Å². The number of aromatic nitrogens is 2. The Morgan fingerprint density at radius 3 is 1.78 bits per heavy atom. The van der Waals surface area contributed by atoms with Gasteiger partial charge in [-0.15, -0.1) is 0 Å². The van der Waals surface area contributed by atoms with Crippen LogP contribution in [0.3, 0.4) is 0 Å². The van der Waals surface area contributed by atoms with E-state index in [2.05, 4.69) is 25.9 Å². The fourth-order valence-corrected chi connectivity index (χ4v) is 2.47. The molecule has 3 N–H and O–H groups in total. The number of amides is 1. The first-order valence-corrected chi connectivity index (χ1v) is 8.51. The van der Waals surface area contributed by atoms with Crippen molar-refractivity contribution in [2.45, 2.75) is 6.92 Å². The highest BCUT2D eigenvalue weighted by Gasteiger charge is 2.02. The molecule has 0 aliphatic carbocycles. The van der Waals surface area contributed by atoms with Gasteiger partial charge in [0.1, 0.15) is 18.0 Å². The molecule has 27 heavy (non-hydrogen) atoms. The SMILES string of the molecule is CC(=O)Nc1ccc(Nc2cc(Nc3ccc(N(C)C)cc3)ncn2)cc1. The van der Waals surface area contributed by atoms with E-state index in [1.807, 2.05) is 73.6 Å². The monoisotopic (exact) mass is 362 g/mol. The summed E-state index contributed by atoms with van der Waals surface area (Å²) in [4.78, 5) is 21.6. The molecule has 1 amide bonds. The average Bonchev–Trinajstić information content (AvgIpc) is 2.64. The van der Waals surface area contributed by atoms with Gasteiger partial charge in [-0.25, -0.2) is 9.97 Å². The Bertz CT molecular complexity index is 907. The summed E-state index contributed by atoms with van der Waals surface area (Å²) < 4.78 is 0. The van der Waals surface area contributed by atoms with E-state index < -0.39 is 0 Å². The number of hydrogen-bond donors (Lipinski definition) is 3. The topological polar surface area (TPSA) is 82.2 Å². The van der Waals surface area contributed by atoms with Crippen LogP contribution in [0.5, 0.6) is 0 Å². The van der Waals surface area contributed by atoms with Gasteiger partial charge >= 0.3 is 0 Å². The lowest BCUT2D eigenvalue weighted by Gasteiger charge is -2.13. The third-order valence-electron chi connectivity index (χ3n) is 3.80. The summed E-state index contributed by atoms with van der Waals surface area (Å²) in [6.07, 6.45) is 1.50. The summed E-state index contributed by atoms with van der Waals surface area (Å²) >= 11 is 0. The van der Waals surface area contributed by atoms with Crippen LogP contribution in [0.4, 0.5) is 34.4 Å². The Kier molecular flexibility index (Phi) is 5.51. The zero-order chi connectivity index (χ0) is 19.2. The number of carbonyl (C=O) groups is 1. The van der Waals surface area contributed by atoms with E-state index in [-0.39, 0.29) is 5.91 Å². The lowest BCUT2D eigenvalue weighted by Crippen LogP contribution is -2.08. The molecule has 138 valence electrons. The Morgan fingerprint density at radius 1 is 0.815 bits per heavy atom. The molecule has 3 aromatic rings. The summed E-state index contributed by atoms with van der Waals surface area (Å²) in [5, 5.41) is 9.23. The molecular weight excluding hydrogens is 340 g/mol. The first-order chi connectivity index (χ1) is 13.0. The van der Waals surface area contributed by atoms with E-state index in [4.69, 9.17) is 0 Å². The second kappa shape index (κ2) is 8.18. The van der Waals surface area contributed by atoms with Gasteiger partial charge in [-0.2, -0.15) is 0 Å². The number of benzene rings is 2. The van der Waals surface area contributed by atoms with Gasteiger partial charge in [0.25, 0.3) is 0 Å². The molecule has 0 unspecified atom stereocenters. The van der Waals surface area contributed by atoms with E-state index in [1.54, 1.807) is 0 Å². The minimum atomic E-state index is -0.0964. The van der Waals surface area contributed by atoms with Crippen LogP contribution in [0.1, 0.15) is 6.92 Å². The van der Waals surface area contributed by atoms with Crippen LogP contribution in [0.25, 0.3) is 0 Å². The maximum atomic E-state index is 11.1. The number of hydrogen-bond acceptors (Lipinski definition) is 6. The minimum Gasteiger partial charge on any atom is -0.378 e. The first kappa shape index (κ1) is 18.2. The molecular formula is C20H22N6O. The number of nitrogens with zero attached hydrogens (tertiary/aromatic N) is 3. The van der Waals surface area contributed by atoms with Gasteiger partial charge in [0, 0.05) is 49.8 Å². The van der Waals surface area contributed by atoms with Crippen molar-refractivity contribution < 1.29 is 4.79 Å². The second-order valence-electron chi connectivity index (χ2n) is 6.24. The van der Waals surface area contributed by atoms with Crippen molar-refractivity contribution in [3.8, 4) is 0 Å². The van der Waals surface area contributed by atoms with E-state index in [0.717, 1.165) is 22.7 Å². The van der Waals surface area contributed by atoms with Crippen molar-refractivity contribution in [3.05, 3.63) is 60.9 Å². The fraction of sp³-hybridized carbons (Fsp3) is 0.150. The Hall–Kier alpha value is -3.61. The van der Waals surface area contributed by atoms with Gasteiger partial charge in [0.15, 0.2) is 0 Å². The normalized spacial score (nSPS) is 10.2. The molecule has 2 aromatic carbocycles. The Balaban J connectivity index is 1.67. The smallest absolute Gasteiger partial charge is 0.221 e. The third-order valence-corrected chi connectivity index (χ3v) is 3.80. The predicted molar refractivity (Wildman–Crippen MR) is 110 cm³/mol. The molecule has 0 fully saturated rings. The van der Waals surface area contributed by atoms with Gasteiger partial charge in [-0.1, -0.05) is 0 Å². The molecule has 0 spiro atoms.